The Labute approximate surface area is 156 Å². The highest BCUT2D eigenvalue weighted by Gasteiger charge is 2.30. The summed E-state index contributed by atoms with van der Waals surface area (Å²) in [5.41, 5.74) is 0.543. The van der Waals surface area contributed by atoms with Crippen LogP contribution in [0.4, 0.5) is 0 Å². The maximum atomic E-state index is 12.8. The molecule has 1 aliphatic heterocycles. The molecule has 1 fully saturated rings. The summed E-state index contributed by atoms with van der Waals surface area (Å²) in [6.07, 6.45) is 1.66. The van der Waals surface area contributed by atoms with Gasteiger partial charge in [-0.1, -0.05) is 22.0 Å². The second kappa shape index (κ2) is 6.83. The first kappa shape index (κ1) is 18.6. The molecule has 0 bridgehead atoms. The molecule has 2 aromatic carbocycles. The molecule has 25 heavy (non-hydrogen) atoms. The van der Waals surface area contributed by atoms with E-state index in [0.29, 0.717) is 18.7 Å². The molecule has 3 rings (SSSR count). The minimum Gasteiger partial charge on any atom is -0.219 e. The van der Waals surface area contributed by atoms with Crippen LogP contribution in [-0.4, -0.2) is 34.2 Å². The van der Waals surface area contributed by atoms with Crippen molar-refractivity contribution < 1.29 is 16.8 Å². The van der Waals surface area contributed by atoms with Gasteiger partial charge in [-0.25, -0.2) is 16.8 Å². The number of sulfone groups is 1. The highest BCUT2D eigenvalue weighted by atomic mass is 79.9. The van der Waals surface area contributed by atoms with Crippen LogP contribution in [-0.2, 0) is 19.9 Å². The molecule has 0 spiro atoms. The fraction of sp³-hybridized carbons (Fsp3) is 0.294. The van der Waals surface area contributed by atoms with E-state index in [9.17, 15) is 16.8 Å². The van der Waals surface area contributed by atoms with Gasteiger partial charge in [0.05, 0.1) is 14.7 Å². The van der Waals surface area contributed by atoms with Gasteiger partial charge in [-0.15, -0.1) is 0 Å². The standard InChI is InChI=1S/C17H18BrNO4S2/c1-13-4-7-16(24(20,21)15-8-5-14(18)6-9-15)12-17(13)25(22,23)19-10-2-3-11-19/h4-9,12H,2-3,10-11H2,1H3. The molecule has 0 radical (unpaired) electrons. The van der Waals surface area contributed by atoms with E-state index in [1.807, 2.05) is 0 Å². The molecule has 0 amide bonds. The van der Waals surface area contributed by atoms with Gasteiger partial charge in [0.15, 0.2) is 0 Å². The summed E-state index contributed by atoms with van der Waals surface area (Å²) < 4.78 is 53.5. The number of aryl methyl sites for hydroxylation is 1. The van der Waals surface area contributed by atoms with Crippen molar-refractivity contribution in [1.29, 1.82) is 0 Å². The lowest BCUT2D eigenvalue weighted by molar-refractivity contribution is 0.477. The Morgan fingerprint density at radius 2 is 1.44 bits per heavy atom. The van der Waals surface area contributed by atoms with Gasteiger partial charge >= 0.3 is 0 Å². The van der Waals surface area contributed by atoms with Crippen LogP contribution in [0.3, 0.4) is 0 Å². The van der Waals surface area contributed by atoms with E-state index in [2.05, 4.69) is 15.9 Å². The molecule has 0 saturated carbocycles. The van der Waals surface area contributed by atoms with E-state index in [-0.39, 0.29) is 14.7 Å². The number of benzene rings is 2. The average molecular weight is 444 g/mol. The summed E-state index contributed by atoms with van der Waals surface area (Å²) in [7, 11) is -7.46. The number of hydrogen-bond donors (Lipinski definition) is 0. The van der Waals surface area contributed by atoms with Crippen molar-refractivity contribution in [1.82, 2.24) is 4.31 Å². The molecule has 134 valence electrons. The Morgan fingerprint density at radius 3 is 2.04 bits per heavy atom. The Hall–Kier alpha value is -1.22. The minimum atomic E-state index is -3.78. The summed E-state index contributed by atoms with van der Waals surface area (Å²) in [4.78, 5) is 0.176. The number of halogens is 1. The van der Waals surface area contributed by atoms with Crippen molar-refractivity contribution in [3.63, 3.8) is 0 Å². The summed E-state index contributed by atoms with van der Waals surface area (Å²) >= 11 is 3.27. The van der Waals surface area contributed by atoms with E-state index < -0.39 is 19.9 Å². The van der Waals surface area contributed by atoms with E-state index in [1.165, 1.54) is 28.6 Å². The van der Waals surface area contributed by atoms with Gasteiger partial charge in [-0.2, -0.15) is 4.31 Å². The van der Waals surface area contributed by atoms with Gasteiger partial charge in [0.2, 0.25) is 19.9 Å². The second-order valence-corrected chi connectivity index (χ2v) is 10.8. The fourth-order valence-corrected chi connectivity index (χ4v) is 6.24. The molecule has 1 aliphatic rings. The van der Waals surface area contributed by atoms with Crippen LogP contribution >= 0.6 is 15.9 Å². The molecule has 0 N–H and O–H groups in total. The molecular weight excluding hydrogens is 426 g/mol. The highest BCUT2D eigenvalue weighted by Crippen LogP contribution is 2.29. The highest BCUT2D eigenvalue weighted by molar-refractivity contribution is 9.10. The molecular formula is C17H18BrNO4S2. The third-order valence-corrected chi connectivity index (χ3v) is 8.61. The summed E-state index contributed by atoms with van der Waals surface area (Å²) in [5.74, 6) is 0. The van der Waals surface area contributed by atoms with Gasteiger partial charge in [0.1, 0.15) is 0 Å². The predicted octanol–water partition coefficient (Wildman–Crippen LogP) is 3.37. The Balaban J connectivity index is 2.09. The van der Waals surface area contributed by atoms with Crippen LogP contribution in [0.2, 0.25) is 0 Å². The summed E-state index contributed by atoms with van der Waals surface area (Å²) in [6, 6.07) is 10.6. The normalized spacial score (nSPS) is 16.2. The molecule has 8 heteroatoms. The van der Waals surface area contributed by atoms with Crippen molar-refractivity contribution in [2.75, 3.05) is 13.1 Å². The number of sulfonamides is 1. The Kier molecular flexibility index (Phi) is 5.07. The van der Waals surface area contributed by atoms with E-state index in [1.54, 1.807) is 25.1 Å². The van der Waals surface area contributed by atoms with Crippen molar-refractivity contribution in [3.8, 4) is 0 Å². The average Bonchev–Trinajstić information content (AvgIpc) is 3.10. The summed E-state index contributed by atoms with van der Waals surface area (Å²) in [6.45, 7) is 2.63. The maximum Gasteiger partial charge on any atom is 0.243 e. The SMILES string of the molecule is Cc1ccc(S(=O)(=O)c2ccc(Br)cc2)cc1S(=O)(=O)N1CCCC1. The minimum absolute atomic E-state index is 0.0156. The first-order chi connectivity index (χ1) is 11.7. The van der Waals surface area contributed by atoms with Crippen molar-refractivity contribution in [3.05, 3.63) is 52.5 Å². The van der Waals surface area contributed by atoms with E-state index in [0.717, 1.165) is 17.3 Å². The largest absolute Gasteiger partial charge is 0.243 e. The number of nitrogens with zero attached hydrogens (tertiary/aromatic N) is 1. The van der Waals surface area contributed by atoms with Gasteiger partial charge in [0, 0.05) is 17.6 Å². The molecule has 5 nitrogen and oxygen atoms in total. The zero-order chi connectivity index (χ0) is 18.2. The van der Waals surface area contributed by atoms with Crippen LogP contribution in [0, 0.1) is 6.92 Å². The zero-order valence-electron chi connectivity index (χ0n) is 13.6. The van der Waals surface area contributed by atoms with Gasteiger partial charge in [-0.3, -0.25) is 0 Å². The van der Waals surface area contributed by atoms with Gasteiger partial charge in [0.25, 0.3) is 0 Å². The second-order valence-electron chi connectivity index (χ2n) is 6.00. The molecule has 0 aromatic heterocycles. The smallest absolute Gasteiger partial charge is 0.219 e. The topological polar surface area (TPSA) is 71.5 Å². The molecule has 0 unspecified atom stereocenters. The molecule has 0 aliphatic carbocycles. The summed E-state index contributed by atoms with van der Waals surface area (Å²) in [5, 5.41) is 0. The maximum absolute atomic E-state index is 12.8. The van der Waals surface area contributed by atoms with Crippen LogP contribution in [0.5, 0.6) is 0 Å². The van der Waals surface area contributed by atoms with Crippen LogP contribution in [0.25, 0.3) is 0 Å². The molecule has 0 atom stereocenters. The molecule has 2 aromatic rings. The predicted molar refractivity (Wildman–Crippen MR) is 98.8 cm³/mol. The first-order valence-corrected chi connectivity index (χ1v) is 11.6. The lowest BCUT2D eigenvalue weighted by atomic mass is 10.2. The monoisotopic (exact) mass is 443 g/mol. The number of rotatable bonds is 4. The van der Waals surface area contributed by atoms with Crippen LogP contribution < -0.4 is 0 Å². The molecule has 1 saturated heterocycles. The van der Waals surface area contributed by atoms with Gasteiger partial charge in [-0.05, 0) is 61.7 Å². The molecule has 1 heterocycles. The van der Waals surface area contributed by atoms with Crippen molar-refractivity contribution in [2.45, 2.75) is 34.5 Å². The quantitative estimate of drug-likeness (QED) is 0.725. The van der Waals surface area contributed by atoms with Crippen molar-refractivity contribution in [2.24, 2.45) is 0 Å². The first-order valence-electron chi connectivity index (χ1n) is 7.84. The fourth-order valence-electron chi connectivity index (χ4n) is 2.84. The Morgan fingerprint density at radius 1 is 0.880 bits per heavy atom. The number of hydrogen-bond acceptors (Lipinski definition) is 4. The Bertz CT molecular complexity index is 993. The third-order valence-electron chi connectivity index (χ3n) is 4.28. The third kappa shape index (κ3) is 3.53. The van der Waals surface area contributed by atoms with Gasteiger partial charge < -0.3 is 0 Å². The lowest BCUT2D eigenvalue weighted by Gasteiger charge is -2.18. The van der Waals surface area contributed by atoms with E-state index >= 15 is 0 Å². The zero-order valence-corrected chi connectivity index (χ0v) is 16.9. The van der Waals surface area contributed by atoms with Crippen molar-refractivity contribution >= 4 is 35.8 Å². The lowest BCUT2D eigenvalue weighted by Crippen LogP contribution is -2.28. The van der Waals surface area contributed by atoms with Crippen LogP contribution in [0.15, 0.2) is 61.6 Å². The van der Waals surface area contributed by atoms with E-state index in [4.69, 9.17) is 0 Å². The van der Waals surface area contributed by atoms with Crippen LogP contribution in [0.1, 0.15) is 18.4 Å².